The average Bonchev–Trinajstić information content (AvgIpc) is 2.71. The fraction of sp³-hybridized carbons (Fsp3) is 0.250. The predicted octanol–water partition coefficient (Wildman–Crippen LogP) is 5.22. The maximum atomic E-state index is 12.0. The number of hydrogen-bond donors (Lipinski definition) is 0. The molecule has 0 spiro atoms. The Morgan fingerprint density at radius 1 is 1.11 bits per heavy atom. The van der Waals surface area contributed by atoms with E-state index in [4.69, 9.17) is 18.9 Å². The number of benzene rings is 2. The van der Waals surface area contributed by atoms with Crippen molar-refractivity contribution in [3.8, 4) is 17.2 Å². The molecule has 0 saturated carbocycles. The second-order valence-corrected chi connectivity index (χ2v) is 6.67. The molecule has 2 aromatic carbocycles. The van der Waals surface area contributed by atoms with Gasteiger partial charge in [-0.25, -0.2) is 4.79 Å². The van der Waals surface area contributed by atoms with Crippen LogP contribution in [-0.4, -0.2) is 33.4 Å². The third-order valence-corrected chi connectivity index (χ3v) is 4.46. The van der Waals surface area contributed by atoms with Gasteiger partial charge in [0.15, 0.2) is 0 Å². The molecule has 0 fully saturated rings. The van der Waals surface area contributed by atoms with Crippen LogP contribution in [0.1, 0.15) is 12.5 Å². The smallest absolute Gasteiger partial charge is 0.337 e. The lowest BCUT2D eigenvalue weighted by atomic mass is 10.1. The fourth-order valence-corrected chi connectivity index (χ4v) is 2.95. The van der Waals surface area contributed by atoms with Gasteiger partial charge < -0.3 is 18.9 Å². The molecule has 0 radical (unpaired) electrons. The molecule has 0 bridgehead atoms. The van der Waals surface area contributed by atoms with Crippen molar-refractivity contribution in [2.45, 2.75) is 6.92 Å². The van der Waals surface area contributed by atoms with Crippen molar-refractivity contribution in [2.24, 2.45) is 10.2 Å². The second-order valence-electron chi connectivity index (χ2n) is 5.76. The minimum absolute atomic E-state index is 0.145. The topological polar surface area (TPSA) is 78.7 Å². The summed E-state index contributed by atoms with van der Waals surface area (Å²) in [5, 5.41) is 8.58. The summed E-state index contributed by atoms with van der Waals surface area (Å²) in [7, 11) is 3.11. The molecule has 0 amide bonds. The molecule has 1 aliphatic heterocycles. The molecule has 1 heterocycles. The molecule has 0 aliphatic carbocycles. The molecule has 8 heteroatoms. The third-order valence-electron chi connectivity index (χ3n) is 3.97. The average molecular weight is 447 g/mol. The maximum Gasteiger partial charge on any atom is 0.337 e. The number of hydrogen-bond acceptors (Lipinski definition) is 7. The fourth-order valence-electron chi connectivity index (χ4n) is 2.61. The van der Waals surface area contributed by atoms with Gasteiger partial charge in [-0.1, -0.05) is 15.9 Å². The largest absolute Gasteiger partial charge is 0.494 e. The molecule has 0 saturated heterocycles. The Balaban J connectivity index is 1.97. The van der Waals surface area contributed by atoms with Gasteiger partial charge in [0.05, 0.1) is 26.4 Å². The van der Waals surface area contributed by atoms with E-state index in [9.17, 15) is 4.79 Å². The minimum atomic E-state index is -0.397. The first-order valence-corrected chi connectivity index (χ1v) is 9.32. The molecule has 1 aliphatic rings. The van der Waals surface area contributed by atoms with Crippen LogP contribution in [0.2, 0.25) is 0 Å². The Kier molecular flexibility index (Phi) is 6.30. The van der Waals surface area contributed by atoms with Gasteiger partial charge in [-0.05, 0) is 37.3 Å². The monoisotopic (exact) mass is 446 g/mol. The van der Waals surface area contributed by atoms with Gasteiger partial charge in [-0.3, -0.25) is 0 Å². The van der Waals surface area contributed by atoms with E-state index in [1.807, 2.05) is 6.07 Å². The zero-order valence-electron chi connectivity index (χ0n) is 15.7. The van der Waals surface area contributed by atoms with E-state index in [0.717, 1.165) is 4.47 Å². The Morgan fingerprint density at radius 2 is 1.82 bits per heavy atom. The second kappa shape index (κ2) is 8.88. The summed E-state index contributed by atoms with van der Waals surface area (Å²) < 4.78 is 22.3. The molecule has 0 unspecified atom stereocenters. The van der Waals surface area contributed by atoms with Crippen molar-refractivity contribution < 1.29 is 23.7 Å². The van der Waals surface area contributed by atoms with E-state index in [1.54, 1.807) is 51.5 Å². The summed E-state index contributed by atoms with van der Waals surface area (Å²) in [6, 6.07) is 8.92. The first-order chi connectivity index (χ1) is 13.5. The van der Waals surface area contributed by atoms with Gasteiger partial charge in [-0.15, -0.1) is 10.2 Å². The van der Waals surface area contributed by atoms with Crippen molar-refractivity contribution in [3.05, 3.63) is 45.9 Å². The normalized spacial score (nSPS) is 12.8. The molecule has 0 atom stereocenters. The molecule has 0 N–H and O–H groups in total. The number of nitrogens with zero attached hydrogens (tertiary/aromatic N) is 2. The lowest BCUT2D eigenvalue weighted by molar-refractivity contribution is -0.138. The highest BCUT2D eigenvalue weighted by molar-refractivity contribution is 9.10. The van der Waals surface area contributed by atoms with Gasteiger partial charge in [0.1, 0.15) is 35.2 Å². The van der Waals surface area contributed by atoms with Crippen molar-refractivity contribution >= 4 is 39.4 Å². The number of ether oxygens (including phenoxy) is 4. The summed E-state index contributed by atoms with van der Waals surface area (Å²) in [4.78, 5) is 12.0. The van der Waals surface area contributed by atoms with Crippen LogP contribution in [0.15, 0.2) is 50.6 Å². The third kappa shape index (κ3) is 4.33. The SMILES string of the molecule is CCOC(=O)C1=Cc2cc(/N=N/c3ccc(Br)cc3OC)c(OC)cc2OC1. The van der Waals surface area contributed by atoms with Crippen LogP contribution in [-0.2, 0) is 9.53 Å². The number of carbonyl (C=O) groups is 1. The van der Waals surface area contributed by atoms with Gasteiger partial charge in [-0.2, -0.15) is 0 Å². The number of methoxy groups -OCH3 is 2. The van der Waals surface area contributed by atoms with Crippen molar-refractivity contribution in [1.29, 1.82) is 0 Å². The van der Waals surface area contributed by atoms with E-state index in [0.29, 0.717) is 46.4 Å². The summed E-state index contributed by atoms with van der Waals surface area (Å²) in [6.45, 7) is 2.21. The van der Waals surface area contributed by atoms with Gasteiger partial charge in [0.25, 0.3) is 0 Å². The van der Waals surface area contributed by atoms with E-state index in [-0.39, 0.29) is 6.61 Å². The first-order valence-electron chi connectivity index (χ1n) is 8.53. The van der Waals surface area contributed by atoms with Crippen LogP contribution in [0.25, 0.3) is 6.08 Å². The molecule has 0 aromatic heterocycles. The Labute approximate surface area is 171 Å². The van der Waals surface area contributed by atoms with Crippen molar-refractivity contribution in [2.75, 3.05) is 27.4 Å². The van der Waals surface area contributed by atoms with Gasteiger partial charge in [0, 0.05) is 16.1 Å². The Bertz CT molecular complexity index is 956. The van der Waals surface area contributed by atoms with E-state index in [1.165, 1.54) is 0 Å². The molecule has 7 nitrogen and oxygen atoms in total. The van der Waals surface area contributed by atoms with E-state index < -0.39 is 5.97 Å². The zero-order chi connectivity index (χ0) is 20.1. The van der Waals surface area contributed by atoms with Crippen LogP contribution in [0, 0.1) is 0 Å². The minimum Gasteiger partial charge on any atom is -0.494 e. The standard InChI is InChI=1S/C20H19BrN2O5/c1-4-27-20(24)13-7-12-8-16(19(26-3)10-17(12)28-11-13)23-22-15-6-5-14(21)9-18(15)25-2/h5-10H,4,11H2,1-3H3/b23-22+. The molecule has 3 rings (SSSR count). The number of rotatable bonds is 6. The summed E-state index contributed by atoms with van der Waals surface area (Å²) >= 11 is 3.40. The van der Waals surface area contributed by atoms with Crippen LogP contribution in [0.4, 0.5) is 11.4 Å². The predicted molar refractivity (Wildman–Crippen MR) is 108 cm³/mol. The molecular formula is C20H19BrN2O5. The van der Waals surface area contributed by atoms with E-state index >= 15 is 0 Å². The highest BCUT2D eigenvalue weighted by atomic mass is 79.9. The zero-order valence-corrected chi connectivity index (χ0v) is 17.3. The van der Waals surface area contributed by atoms with Crippen LogP contribution in [0.3, 0.4) is 0 Å². The number of azo groups is 1. The quantitative estimate of drug-likeness (QED) is 0.448. The molecule has 146 valence electrons. The maximum absolute atomic E-state index is 12.0. The highest BCUT2D eigenvalue weighted by Crippen LogP contribution is 2.39. The number of fused-ring (bicyclic) bond motifs is 1. The summed E-state index contributed by atoms with van der Waals surface area (Å²) in [5.74, 6) is 1.30. The Morgan fingerprint density at radius 3 is 2.54 bits per heavy atom. The van der Waals surface area contributed by atoms with E-state index in [2.05, 4.69) is 26.2 Å². The highest BCUT2D eigenvalue weighted by Gasteiger charge is 2.20. The first kappa shape index (κ1) is 19.9. The molecular weight excluding hydrogens is 428 g/mol. The lowest BCUT2D eigenvalue weighted by Gasteiger charge is -2.18. The molecule has 28 heavy (non-hydrogen) atoms. The number of carbonyl (C=O) groups excluding carboxylic acids is 1. The van der Waals surface area contributed by atoms with Crippen LogP contribution >= 0.6 is 15.9 Å². The van der Waals surface area contributed by atoms with Gasteiger partial charge >= 0.3 is 5.97 Å². The summed E-state index contributed by atoms with van der Waals surface area (Å²) in [6.07, 6.45) is 1.73. The van der Waals surface area contributed by atoms with Gasteiger partial charge in [0.2, 0.25) is 0 Å². The summed E-state index contributed by atoms with van der Waals surface area (Å²) in [5.41, 5.74) is 2.21. The Hall–Kier alpha value is -2.87. The molecule has 2 aromatic rings. The van der Waals surface area contributed by atoms with Crippen LogP contribution in [0.5, 0.6) is 17.2 Å². The lowest BCUT2D eigenvalue weighted by Crippen LogP contribution is -2.17. The van der Waals surface area contributed by atoms with Crippen molar-refractivity contribution in [3.63, 3.8) is 0 Å². The number of halogens is 1. The van der Waals surface area contributed by atoms with Crippen molar-refractivity contribution in [1.82, 2.24) is 0 Å². The van der Waals surface area contributed by atoms with Crippen LogP contribution < -0.4 is 14.2 Å². The number of esters is 1.